The fourth-order valence-corrected chi connectivity index (χ4v) is 2.90. The van der Waals surface area contributed by atoms with Crippen molar-refractivity contribution >= 4 is 5.91 Å². The zero-order chi connectivity index (χ0) is 18.8. The van der Waals surface area contributed by atoms with E-state index in [1.165, 1.54) is 12.1 Å². The van der Waals surface area contributed by atoms with E-state index in [9.17, 15) is 9.18 Å². The molecule has 4 rings (SSSR count). The van der Waals surface area contributed by atoms with Crippen molar-refractivity contribution < 1.29 is 18.7 Å². The van der Waals surface area contributed by atoms with Gasteiger partial charge in [0.1, 0.15) is 12.4 Å². The van der Waals surface area contributed by atoms with Crippen LogP contribution in [0, 0.1) is 5.82 Å². The van der Waals surface area contributed by atoms with E-state index in [4.69, 9.17) is 15.2 Å². The molecule has 0 saturated heterocycles. The highest BCUT2D eigenvalue weighted by Gasteiger charge is 2.28. The monoisotopic (exact) mass is 368 g/mol. The molecule has 2 N–H and O–H groups in total. The van der Waals surface area contributed by atoms with E-state index in [2.05, 4.69) is 10.1 Å². The number of fused-ring (bicyclic) bond motifs is 1. The van der Waals surface area contributed by atoms with Crippen molar-refractivity contribution in [1.29, 1.82) is 0 Å². The fraction of sp³-hybridized carbons (Fsp3) is 0.211. The molecular weight excluding hydrogens is 351 g/mol. The highest BCUT2D eigenvalue weighted by molar-refractivity contribution is 5.75. The number of halogens is 1. The van der Waals surface area contributed by atoms with Crippen LogP contribution in [0.5, 0.6) is 11.5 Å². The van der Waals surface area contributed by atoms with Crippen LogP contribution in [-0.2, 0) is 17.8 Å². The second kappa shape index (κ2) is 7.06. The van der Waals surface area contributed by atoms with Gasteiger partial charge in [0.25, 0.3) is 0 Å². The number of carbonyl (C=O) groups excluding carboxylic acids is 1. The Kier molecular flexibility index (Phi) is 4.45. The summed E-state index contributed by atoms with van der Waals surface area (Å²) in [6.07, 6.45) is -0.567. The molecular formula is C19H17FN4O3. The van der Waals surface area contributed by atoms with Crippen molar-refractivity contribution in [2.24, 2.45) is 5.73 Å². The lowest BCUT2D eigenvalue weighted by molar-refractivity contribution is -0.117. The number of hydrogen-bond donors (Lipinski definition) is 1. The van der Waals surface area contributed by atoms with Crippen LogP contribution in [0.15, 0.2) is 48.5 Å². The third-order valence-electron chi connectivity index (χ3n) is 4.12. The maximum absolute atomic E-state index is 13.2. The van der Waals surface area contributed by atoms with E-state index >= 15 is 0 Å². The number of nitrogens with two attached hydrogens (primary N) is 1. The summed E-state index contributed by atoms with van der Waals surface area (Å²) < 4.78 is 26.6. The summed E-state index contributed by atoms with van der Waals surface area (Å²) in [6, 6.07) is 13.5. The molecule has 3 aromatic rings. The molecule has 1 atom stereocenters. The zero-order valence-electron chi connectivity index (χ0n) is 14.3. The molecule has 1 aromatic heterocycles. The highest BCUT2D eigenvalue weighted by atomic mass is 19.1. The number of nitrogens with zero attached hydrogens (tertiary/aromatic N) is 3. The van der Waals surface area contributed by atoms with Gasteiger partial charge in [0.2, 0.25) is 5.91 Å². The Labute approximate surface area is 154 Å². The molecule has 1 unspecified atom stereocenters. The third kappa shape index (κ3) is 3.74. The predicted octanol–water partition coefficient (Wildman–Crippen LogP) is 2.01. The van der Waals surface area contributed by atoms with E-state index in [-0.39, 0.29) is 18.8 Å². The standard InChI is InChI=1S/C19H17FN4O3/c20-13-7-5-12(6-8-13)10-24-19(22-18(23-24)9-17(21)25)16-11-26-14-3-1-2-4-15(14)27-16/h1-8,16H,9-11H2,(H2,21,25). The summed E-state index contributed by atoms with van der Waals surface area (Å²) in [5.41, 5.74) is 6.11. The molecule has 1 aliphatic rings. The number of hydrogen-bond acceptors (Lipinski definition) is 5. The van der Waals surface area contributed by atoms with Crippen LogP contribution in [0.25, 0.3) is 0 Å². The van der Waals surface area contributed by atoms with E-state index in [0.29, 0.717) is 29.7 Å². The van der Waals surface area contributed by atoms with Crippen LogP contribution in [0.2, 0.25) is 0 Å². The molecule has 1 amide bonds. The first kappa shape index (κ1) is 17.0. The van der Waals surface area contributed by atoms with Gasteiger partial charge in [-0.3, -0.25) is 4.79 Å². The lowest BCUT2D eigenvalue weighted by Crippen LogP contribution is -2.25. The SMILES string of the molecule is NC(=O)Cc1nc(C2COc3ccccc3O2)n(Cc2ccc(F)cc2)n1. The number of rotatable bonds is 5. The van der Waals surface area contributed by atoms with Gasteiger partial charge in [-0.2, -0.15) is 5.10 Å². The van der Waals surface area contributed by atoms with Gasteiger partial charge >= 0.3 is 0 Å². The lowest BCUT2D eigenvalue weighted by Gasteiger charge is -2.26. The molecule has 27 heavy (non-hydrogen) atoms. The van der Waals surface area contributed by atoms with E-state index < -0.39 is 12.0 Å². The molecule has 138 valence electrons. The third-order valence-corrected chi connectivity index (χ3v) is 4.12. The minimum atomic E-state index is -0.522. The van der Waals surface area contributed by atoms with Gasteiger partial charge < -0.3 is 15.2 Å². The maximum Gasteiger partial charge on any atom is 0.225 e. The number of ether oxygens (including phenoxy) is 2. The Morgan fingerprint density at radius 1 is 1.19 bits per heavy atom. The minimum absolute atomic E-state index is 0.0758. The second-order valence-corrected chi connectivity index (χ2v) is 6.18. The minimum Gasteiger partial charge on any atom is -0.485 e. The van der Waals surface area contributed by atoms with Crippen molar-refractivity contribution in [2.75, 3.05) is 6.61 Å². The molecule has 0 saturated carbocycles. The van der Waals surface area contributed by atoms with Crippen molar-refractivity contribution in [1.82, 2.24) is 14.8 Å². The van der Waals surface area contributed by atoms with Crippen LogP contribution in [0.3, 0.4) is 0 Å². The maximum atomic E-state index is 13.2. The van der Waals surface area contributed by atoms with Gasteiger partial charge in [0.05, 0.1) is 13.0 Å². The Hall–Kier alpha value is -3.42. The Morgan fingerprint density at radius 3 is 2.67 bits per heavy atom. The number of primary amides is 1. The van der Waals surface area contributed by atoms with Gasteiger partial charge in [-0.05, 0) is 29.8 Å². The lowest BCUT2D eigenvalue weighted by atomic mass is 10.2. The molecule has 7 nitrogen and oxygen atoms in total. The first-order chi connectivity index (χ1) is 13.1. The number of aromatic nitrogens is 3. The van der Waals surface area contributed by atoms with Crippen LogP contribution in [-0.4, -0.2) is 27.3 Å². The molecule has 2 aromatic carbocycles. The normalized spacial score (nSPS) is 15.5. The van der Waals surface area contributed by atoms with Crippen molar-refractivity contribution in [3.8, 4) is 11.5 Å². The van der Waals surface area contributed by atoms with Crippen LogP contribution in [0.4, 0.5) is 4.39 Å². The molecule has 0 bridgehead atoms. The highest BCUT2D eigenvalue weighted by Crippen LogP contribution is 2.35. The predicted molar refractivity (Wildman–Crippen MR) is 93.7 cm³/mol. The summed E-state index contributed by atoms with van der Waals surface area (Å²) in [7, 11) is 0. The summed E-state index contributed by atoms with van der Waals surface area (Å²) >= 11 is 0. The van der Waals surface area contributed by atoms with Crippen LogP contribution >= 0.6 is 0 Å². The molecule has 0 aliphatic carbocycles. The van der Waals surface area contributed by atoms with Crippen molar-refractivity contribution in [3.63, 3.8) is 0 Å². The zero-order valence-corrected chi connectivity index (χ0v) is 14.3. The Balaban J connectivity index is 1.65. The van der Waals surface area contributed by atoms with E-state index in [1.807, 2.05) is 24.3 Å². The van der Waals surface area contributed by atoms with Crippen molar-refractivity contribution in [3.05, 3.63) is 71.6 Å². The topological polar surface area (TPSA) is 92.3 Å². The van der Waals surface area contributed by atoms with Crippen LogP contribution < -0.4 is 15.2 Å². The summed E-state index contributed by atoms with van der Waals surface area (Å²) in [4.78, 5) is 15.7. The number of para-hydroxylation sites is 2. The van der Waals surface area contributed by atoms with E-state index in [0.717, 1.165) is 5.56 Å². The van der Waals surface area contributed by atoms with Crippen molar-refractivity contribution in [2.45, 2.75) is 19.1 Å². The first-order valence-corrected chi connectivity index (χ1v) is 8.43. The summed E-state index contributed by atoms with van der Waals surface area (Å²) in [5.74, 6) is 1.27. The molecule has 8 heteroatoms. The number of benzene rings is 2. The quantitative estimate of drug-likeness (QED) is 0.744. The fourth-order valence-electron chi connectivity index (χ4n) is 2.90. The Bertz CT molecular complexity index is 971. The molecule has 1 aliphatic heterocycles. The smallest absolute Gasteiger partial charge is 0.225 e. The summed E-state index contributed by atoms with van der Waals surface area (Å²) in [6.45, 7) is 0.609. The van der Waals surface area contributed by atoms with Gasteiger partial charge in [-0.25, -0.2) is 14.1 Å². The largest absolute Gasteiger partial charge is 0.485 e. The van der Waals surface area contributed by atoms with Gasteiger partial charge in [-0.15, -0.1) is 0 Å². The first-order valence-electron chi connectivity index (χ1n) is 8.43. The number of carbonyl (C=O) groups is 1. The van der Waals surface area contributed by atoms with Crippen LogP contribution in [0.1, 0.15) is 23.3 Å². The molecule has 0 fully saturated rings. The second-order valence-electron chi connectivity index (χ2n) is 6.18. The Morgan fingerprint density at radius 2 is 1.93 bits per heavy atom. The average Bonchev–Trinajstić information content (AvgIpc) is 3.04. The van der Waals surface area contributed by atoms with Gasteiger partial charge in [0.15, 0.2) is 29.3 Å². The average molecular weight is 368 g/mol. The summed E-state index contributed by atoms with van der Waals surface area (Å²) in [5, 5.41) is 4.37. The number of amides is 1. The van der Waals surface area contributed by atoms with Gasteiger partial charge in [-0.1, -0.05) is 24.3 Å². The molecule has 0 radical (unpaired) electrons. The molecule has 0 spiro atoms. The van der Waals surface area contributed by atoms with Gasteiger partial charge in [0, 0.05) is 0 Å². The molecule has 2 heterocycles. The van der Waals surface area contributed by atoms with E-state index in [1.54, 1.807) is 16.8 Å².